The van der Waals surface area contributed by atoms with Gasteiger partial charge in [0.25, 0.3) is 0 Å². The molecule has 0 fully saturated rings. The molecule has 0 atom stereocenters. The lowest BCUT2D eigenvalue weighted by molar-refractivity contribution is 0.110. The molecule has 1 heterocycles. The first-order valence-electron chi connectivity index (χ1n) is 6.83. The van der Waals surface area contributed by atoms with Crippen molar-refractivity contribution in [2.75, 3.05) is 6.61 Å². The molecule has 0 radical (unpaired) electrons. The van der Waals surface area contributed by atoms with E-state index in [1.165, 1.54) is 23.1 Å². The highest BCUT2D eigenvalue weighted by molar-refractivity contribution is 5.36. The predicted molar refractivity (Wildman–Crippen MR) is 74.5 cm³/mol. The fourth-order valence-corrected chi connectivity index (χ4v) is 1.99. The zero-order valence-electron chi connectivity index (χ0n) is 12.0. The molecule has 0 bridgehead atoms. The predicted octanol–water partition coefficient (Wildman–Crippen LogP) is 4.47. The Bertz CT molecular complexity index is 353. The Morgan fingerprint density at radius 2 is 1.88 bits per heavy atom. The van der Waals surface area contributed by atoms with E-state index in [9.17, 15) is 0 Å². The Kier molecular flexibility index (Phi) is 5.20. The Hall–Kier alpha value is -0.820. The molecular formula is C16H26O. The van der Waals surface area contributed by atoms with E-state index < -0.39 is 0 Å². The van der Waals surface area contributed by atoms with Gasteiger partial charge in [-0.1, -0.05) is 52.8 Å². The third-order valence-corrected chi connectivity index (χ3v) is 3.64. The van der Waals surface area contributed by atoms with Gasteiger partial charge >= 0.3 is 0 Å². The van der Waals surface area contributed by atoms with Crippen LogP contribution in [0.5, 0.6) is 0 Å². The summed E-state index contributed by atoms with van der Waals surface area (Å²) in [6.07, 6.45) is 2.24. The number of hydrogen-bond donors (Lipinski definition) is 0. The van der Waals surface area contributed by atoms with E-state index in [0.717, 1.165) is 19.6 Å². The van der Waals surface area contributed by atoms with Crippen LogP contribution in [-0.4, -0.2) is 6.61 Å². The minimum Gasteiger partial charge on any atom is -0.376 e. The molecule has 0 saturated heterocycles. The summed E-state index contributed by atoms with van der Waals surface area (Å²) in [5, 5.41) is 0. The van der Waals surface area contributed by atoms with E-state index in [1.807, 2.05) is 13.8 Å². The summed E-state index contributed by atoms with van der Waals surface area (Å²) >= 11 is 0. The highest BCUT2D eigenvalue weighted by atomic mass is 16.5. The van der Waals surface area contributed by atoms with Gasteiger partial charge in [-0.05, 0) is 34.9 Å². The molecule has 0 spiro atoms. The van der Waals surface area contributed by atoms with Crippen molar-refractivity contribution in [3.05, 3.63) is 34.9 Å². The molecule has 0 amide bonds. The summed E-state index contributed by atoms with van der Waals surface area (Å²) < 4.78 is 5.50. The van der Waals surface area contributed by atoms with E-state index in [-0.39, 0.29) is 5.41 Å². The summed E-state index contributed by atoms with van der Waals surface area (Å²) in [7, 11) is 0. The van der Waals surface area contributed by atoms with Crippen molar-refractivity contribution >= 4 is 0 Å². The van der Waals surface area contributed by atoms with Gasteiger partial charge in [0, 0.05) is 0 Å². The maximum Gasteiger partial charge on any atom is 0.0719 e. The van der Waals surface area contributed by atoms with Crippen molar-refractivity contribution < 1.29 is 4.74 Å². The summed E-state index contributed by atoms with van der Waals surface area (Å²) in [5.74, 6) is 0. The van der Waals surface area contributed by atoms with Crippen LogP contribution in [0.4, 0.5) is 0 Å². The van der Waals surface area contributed by atoms with Crippen molar-refractivity contribution in [2.24, 2.45) is 0 Å². The van der Waals surface area contributed by atoms with Crippen LogP contribution >= 0.6 is 0 Å². The summed E-state index contributed by atoms with van der Waals surface area (Å²) in [6, 6.07) is 6.90. The van der Waals surface area contributed by atoms with E-state index in [2.05, 4.69) is 39.0 Å². The average Bonchev–Trinajstić information content (AvgIpc) is 2.40. The second-order valence-corrected chi connectivity index (χ2v) is 5.02. The van der Waals surface area contributed by atoms with Gasteiger partial charge < -0.3 is 4.74 Å². The lowest BCUT2D eigenvalue weighted by Crippen LogP contribution is -2.17. The zero-order chi connectivity index (χ0) is 12.9. The first-order chi connectivity index (χ1) is 8.13. The Morgan fingerprint density at radius 3 is 2.53 bits per heavy atom. The van der Waals surface area contributed by atoms with Gasteiger partial charge in [0.2, 0.25) is 0 Å². The van der Waals surface area contributed by atoms with Crippen LogP contribution in [0.3, 0.4) is 0 Å². The van der Waals surface area contributed by atoms with Crippen LogP contribution in [0.15, 0.2) is 18.2 Å². The molecule has 0 N–H and O–H groups in total. The standard InChI is InChI=1S/C14H20O.C2H6/c1-4-14(2,3)13-6-5-11-7-8-15-10-12(11)9-13;1-2/h5-6,9H,4,7-8,10H2,1-3H3;1-2H3. The van der Waals surface area contributed by atoms with Gasteiger partial charge in [-0.15, -0.1) is 0 Å². The first kappa shape index (κ1) is 14.2. The number of rotatable bonds is 2. The number of hydrogen-bond acceptors (Lipinski definition) is 1. The molecule has 0 unspecified atom stereocenters. The normalized spacial score (nSPS) is 14.6. The van der Waals surface area contributed by atoms with E-state index in [4.69, 9.17) is 4.74 Å². The monoisotopic (exact) mass is 234 g/mol. The zero-order valence-corrected chi connectivity index (χ0v) is 12.0. The summed E-state index contributed by atoms with van der Waals surface area (Å²) in [5.41, 5.74) is 4.58. The number of ether oxygens (including phenoxy) is 1. The minimum atomic E-state index is 0.284. The highest BCUT2D eigenvalue weighted by Crippen LogP contribution is 2.29. The lowest BCUT2D eigenvalue weighted by Gasteiger charge is -2.26. The molecule has 1 aliphatic rings. The second kappa shape index (κ2) is 6.20. The molecule has 96 valence electrons. The van der Waals surface area contributed by atoms with Crippen LogP contribution in [0, 0.1) is 0 Å². The van der Waals surface area contributed by atoms with Gasteiger partial charge in [-0.3, -0.25) is 0 Å². The molecule has 17 heavy (non-hydrogen) atoms. The lowest BCUT2D eigenvalue weighted by atomic mass is 9.81. The molecule has 1 heteroatoms. The number of fused-ring (bicyclic) bond motifs is 1. The van der Waals surface area contributed by atoms with E-state index >= 15 is 0 Å². The molecule has 1 nitrogen and oxygen atoms in total. The van der Waals surface area contributed by atoms with Crippen molar-refractivity contribution in [3.8, 4) is 0 Å². The Balaban J connectivity index is 0.000000686. The van der Waals surface area contributed by atoms with Crippen molar-refractivity contribution in [2.45, 2.75) is 59.5 Å². The van der Waals surface area contributed by atoms with Gasteiger partial charge in [0.15, 0.2) is 0 Å². The fraction of sp³-hybridized carbons (Fsp3) is 0.625. The SMILES string of the molecule is CC.CCC(C)(C)c1ccc2c(c1)COCC2. The maximum atomic E-state index is 5.50. The molecule has 1 aromatic carbocycles. The molecule has 1 aliphatic heterocycles. The van der Waals surface area contributed by atoms with Gasteiger partial charge in [-0.25, -0.2) is 0 Å². The summed E-state index contributed by atoms with van der Waals surface area (Å²) in [6.45, 7) is 12.5. The maximum absolute atomic E-state index is 5.50. The van der Waals surface area contributed by atoms with E-state index in [1.54, 1.807) is 0 Å². The Labute approximate surface area is 106 Å². The number of benzene rings is 1. The third kappa shape index (κ3) is 3.32. The van der Waals surface area contributed by atoms with Crippen LogP contribution < -0.4 is 0 Å². The van der Waals surface area contributed by atoms with Crippen LogP contribution in [-0.2, 0) is 23.2 Å². The molecule has 1 aromatic rings. The first-order valence-corrected chi connectivity index (χ1v) is 6.83. The Morgan fingerprint density at radius 1 is 1.18 bits per heavy atom. The quantitative estimate of drug-likeness (QED) is 0.733. The van der Waals surface area contributed by atoms with Crippen LogP contribution in [0.2, 0.25) is 0 Å². The van der Waals surface area contributed by atoms with Crippen LogP contribution in [0.25, 0.3) is 0 Å². The molecule has 2 rings (SSSR count). The van der Waals surface area contributed by atoms with Gasteiger partial charge in [0.05, 0.1) is 13.2 Å². The van der Waals surface area contributed by atoms with Crippen molar-refractivity contribution in [1.82, 2.24) is 0 Å². The second-order valence-electron chi connectivity index (χ2n) is 5.02. The third-order valence-electron chi connectivity index (χ3n) is 3.64. The van der Waals surface area contributed by atoms with Gasteiger partial charge in [-0.2, -0.15) is 0 Å². The van der Waals surface area contributed by atoms with Gasteiger partial charge in [0.1, 0.15) is 0 Å². The fourth-order valence-electron chi connectivity index (χ4n) is 1.99. The van der Waals surface area contributed by atoms with Crippen LogP contribution in [0.1, 0.15) is 57.7 Å². The van der Waals surface area contributed by atoms with Crippen molar-refractivity contribution in [1.29, 1.82) is 0 Å². The molecule has 0 aromatic heterocycles. The average molecular weight is 234 g/mol. The molecule has 0 saturated carbocycles. The summed E-state index contributed by atoms with van der Waals surface area (Å²) in [4.78, 5) is 0. The highest BCUT2D eigenvalue weighted by Gasteiger charge is 2.20. The molecular weight excluding hydrogens is 208 g/mol. The smallest absolute Gasteiger partial charge is 0.0719 e. The topological polar surface area (TPSA) is 9.23 Å². The largest absolute Gasteiger partial charge is 0.376 e. The van der Waals surface area contributed by atoms with E-state index in [0.29, 0.717) is 0 Å². The van der Waals surface area contributed by atoms with Crippen molar-refractivity contribution in [3.63, 3.8) is 0 Å². The minimum absolute atomic E-state index is 0.284. The molecule has 0 aliphatic carbocycles.